The lowest BCUT2D eigenvalue weighted by Crippen LogP contribution is -2.22. The molecular formula is C19H16N6OS. The summed E-state index contributed by atoms with van der Waals surface area (Å²) < 4.78 is 1.82. The number of aromatic nitrogens is 5. The molecule has 0 aromatic carbocycles. The van der Waals surface area contributed by atoms with Crippen LogP contribution in [0.5, 0.6) is 0 Å². The molecule has 7 nitrogen and oxygen atoms in total. The fourth-order valence-electron chi connectivity index (χ4n) is 2.57. The molecule has 27 heavy (non-hydrogen) atoms. The van der Waals surface area contributed by atoms with Crippen LogP contribution in [-0.2, 0) is 6.54 Å². The van der Waals surface area contributed by atoms with Gasteiger partial charge in [-0.1, -0.05) is 6.07 Å². The van der Waals surface area contributed by atoms with Crippen molar-refractivity contribution < 1.29 is 4.79 Å². The highest BCUT2D eigenvalue weighted by Gasteiger charge is 2.16. The Kier molecular flexibility index (Phi) is 4.71. The molecular weight excluding hydrogens is 360 g/mol. The summed E-state index contributed by atoms with van der Waals surface area (Å²) in [5.74, 6) is 0.610. The van der Waals surface area contributed by atoms with E-state index in [0.29, 0.717) is 17.1 Å². The van der Waals surface area contributed by atoms with Gasteiger partial charge in [0.1, 0.15) is 22.0 Å². The van der Waals surface area contributed by atoms with Gasteiger partial charge in [0.2, 0.25) is 0 Å². The summed E-state index contributed by atoms with van der Waals surface area (Å²) in [7, 11) is 0. The number of nitrogens with one attached hydrogen (secondary N) is 1. The Morgan fingerprint density at radius 3 is 2.89 bits per heavy atom. The standard InChI is InChI=1S/C19H16N6OS/c1-13-17(27-19(24-13)15-4-2-3-6-21-15)18(26)23-11-14-5-7-22-16(10-14)25-9-8-20-12-25/h2-10,12H,11H2,1H3,(H,23,26). The Morgan fingerprint density at radius 2 is 2.11 bits per heavy atom. The van der Waals surface area contributed by atoms with Gasteiger partial charge < -0.3 is 5.32 Å². The molecule has 0 spiro atoms. The number of rotatable bonds is 5. The summed E-state index contributed by atoms with van der Waals surface area (Å²) in [4.78, 5) is 30.3. The molecule has 0 aliphatic heterocycles. The molecule has 0 saturated heterocycles. The average molecular weight is 376 g/mol. The van der Waals surface area contributed by atoms with Crippen LogP contribution in [0.2, 0.25) is 0 Å². The third-order valence-corrected chi connectivity index (χ3v) is 5.10. The van der Waals surface area contributed by atoms with Crippen LogP contribution in [0.4, 0.5) is 0 Å². The predicted octanol–water partition coefficient (Wildman–Crippen LogP) is 3.02. The van der Waals surface area contributed by atoms with E-state index in [0.717, 1.165) is 22.1 Å². The first-order chi connectivity index (χ1) is 13.2. The molecule has 0 saturated carbocycles. The zero-order valence-electron chi connectivity index (χ0n) is 14.5. The van der Waals surface area contributed by atoms with Crippen molar-refractivity contribution in [3.63, 3.8) is 0 Å². The number of nitrogens with zero attached hydrogens (tertiary/aromatic N) is 5. The monoisotopic (exact) mass is 376 g/mol. The quantitative estimate of drug-likeness (QED) is 0.579. The number of thiazole rings is 1. The van der Waals surface area contributed by atoms with Gasteiger partial charge in [-0.05, 0) is 36.8 Å². The molecule has 0 aliphatic carbocycles. The van der Waals surface area contributed by atoms with Crippen LogP contribution in [0.25, 0.3) is 16.5 Å². The SMILES string of the molecule is Cc1nc(-c2ccccn2)sc1C(=O)NCc1ccnc(-n2ccnc2)c1. The van der Waals surface area contributed by atoms with E-state index in [1.54, 1.807) is 24.9 Å². The molecule has 0 aliphatic rings. The minimum Gasteiger partial charge on any atom is -0.347 e. The lowest BCUT2D eigenvalue weighted by Gasteiger charge is -2.06. The molecule has 4 heterocycles. The zero-order valence-corrected chi connectivity index (χ0v) is 15.3. The summed E-state index contributed by atoms with van der Waals surface area (Å²) >= 11 is 1.35. The highest BCUT2D eigenvalue weighted by molar-refractivity contribution is 7.17. The van der Waals surface area contributed by atoms with Crippen LogP contribution < -0.4 is 5.32 Å². The van der Waals surface area contributed by atoms with E-state index >= 15 is 0 Å². The minimum atomic E-state index is -0.145. The zero-order chi connectivity index (χ0) is 18.6. The predicted molar refractivity (Wildman–Crippen MR) is 103 cm³/mol. The van der Waals surface area contributed by atoms with Gasteiger partial charge in [-0.15, -0.1) is 11.3 Å². The molecule has 1 amide bonds. The number of hydrogen-bond donors (Lipinski definition) is 1. The number of imidazole rings is 1. The van der Waals surface area contributed by atoms with Crippen molar-refractivity contribution in [2.75, 3.05) is 0 Å². The van der Waals surface area contributed by atoms with Gasteiger partial charge in [-0.3, -0.25) is 14.3 Å². The molecule has 1 N–H and O–H groups in total. The molecule has 8 heteroatoms. The molecule has 0 atom stereocenters. The summed E-state index contributed by atoms with van der Waals surface area (Å²) in [5.41, 5.74) is 2.42. The summed E-state index contributed by atoms with van der Waals surface area (Å²) in [6, 6.07) is 9.43. The molecule has 134 valence electrons. The van der Waals surface area contributed by atoms with E-state index in [2.05, 4.69) is 25.3 Å². The van der Waals surface area contributed by atoms with Crippen molar-refractivity contribution in [1.29, 1.82) is 0 Å². The average Bonchev–Trinajstić information content (AvgIpc) is 3.37. The van der Waals surface area contributed by atoms with Crippen LogP contribution in [0.3, 0.4) is 0 Å². The topological polar surface area (TPSA) is 85.6 Å². The number of carbonyl (C=O) groups excluding carboxylic acids is 1. The summed E-state index contributed by atoms with van der Waals surface area (Å²) in [5, 5.41) is 3.69. The van der Waals surface area contributed by atoms with E-state index in [9.17, 15) is 4.79 Å². The van der Waals surface area contributed by atoms with Gasteiger partial charge in [0, 0.05) is 31.3 Å². The Morgan fingerprint density at radius 1 is 1.19 bits per heavy atom. The van der Waals surface area contributed by atoms with E-state index in [-0.39, 0.29) is 5.91 Å². The van der Waals surface area contributed by atoms with Gasteiger partial charge in [-0.25, -0.2) is 15.0 Å². The second-order valence-electron chi connectivity index (χ2n) is 5.82. The summed E-state index contributed by atoms with van der Waals surface area (Å²) in [6.07, 6.45) is 8.64. The van der Waals surface area contributed by atoms with Gasteiger partial charge in [0.25, 0.3) is 5.91 Å². The smallest absolute Gasteiger partial charge is 0.263 e. The van der Waals surface area contributed by atoms with E-state index in [1.807, 2.05) is 48.0 Å². The first-order valence-electron chi connectivity index (χ1n) is 8.31. The van der Waals surface area contributed by atoms with E-state index < -0.39 is 0 Å². The normalized spacial score (nSPS) is 10.7. The maximum absolute atomic E-state index is 12.6. The van der Waals surface area contributed by atoms with E-state index in [1.165, 1.54) is 11.3 Å². The van der Waals surface area contributed by atoms with Crippen molar-refractivity contribution in [3.8, 4) is 16.5 Å². The van der Waals surface area contributed by atoms with Crippen molar-refractivity contribution in [2.24, 2.45) is 0 Å². The van der Waals surface area contributed by atoms with Crippen LogP contribution in [0.15, 0.2) is 61.4 Å². The number of carbonyl (C=O) groups is 1. The molecule has 0 unspecified atom stereocenters. The van der Waals surface area contributed by atoms with Crippen LogP contribution in [0, 0.1) is 6.92 Å². The van der Waals surface area contributed by atoms with Gasteiger partial charge in [0.05, 0.1) is 11.4 Å². The molecule has 4 aromatic rings. The summed E-state index contributed by atoms with van der Waals surface area (Å²) in [6.45, 7) is 2.24. The van der Waals surface area contributed by atoms with Crippen molar-refractivity contribution in [1.82, 2.24) is 29.8 Å². The van der Waals surface area contributed by atoms with Gasteiger partial charge >= 0.3 is 0 Å². The Labute approximate surface area is 159 Å². The molecule has 0 bridgehead atoms. The first kappa shape index (κ1) is 17.0. The van der Waals surface area contributed by atoms with Crippen LogP contribution in [-0.4, -0.2) is 30.4 Å². The van der Waals surface area contributed by atoms with Crippen molar-refractivity contribution in [3.05, 3.63) is 77.6 Å². The molecule has 0 radical (unpaired) electrons. The molecule has 4 aromatic heterocycles. The van der Waals surface area contributed by atoms with Gasteiger partial charge in [0.15, 0.2) is 0 Å². The number of aryl methyl sites for hydroxylation is 1. The Bertz CT molecular complexity index is 1060. The number of amides is 1. The second-order valence-corrected chi connectivity index (χ2v) is 6.82. The lowest BCUT2D eigenvalue weighted by atomic mass is 10.2. The lowest BCUT2D eigenvalue weighted by molar-refractivity contribution is 0.0954. The maximum Gasteiger partial charge on any atom is 0.263 e. The number of pyridine rings is 2. The second kappa shape index (κ2) is 7.46. The van der Waals surface area contributed by atoms with Gasteiger partial charge in [-0.2, -0.15) is 0 Å². The van der Waals surface area contributed by atoms with E-state index in [4.69, 9.17) is 0 Å². The minimum absolute atomic E-state index is 0.145. The Balaban J connectivity index is 1.47. The maximum atomic E-state index is 12.6. The first-order valence-corrected chi connectivity index (χ1v) is 9.12. The highest BCUT2D eigenvalue weighted by atomic mass is 32.1. The van der Waals surface area contributed by atoms with Crippen molar-refractivity contribution >= 4 is 17.2 Å². The highest BCUT2D eigenvalue weighted by Crippen LogP contribution is 2.26. The third-order valence-electron chi connectivity index (χ3n) is 3.92. The fraction of sp³-hybridized carbons (Fsp3) is 0.105. The van der Waals surface area contributed by atoms with Crippen molar-refractivity contribution in [2.45, 2.75) is 13.5 Å². The number of hydrogen-bond acceptors (Lipinski definition) is 6. The molecule has 4 rings (SSSR count). The molecule has 0 fully saturated rings. The largest absolute Gasteiger partial charge is 0.347 e. The Hall–Kier alpha value is -3.39. The fourth-order valence-corrected chi connectivity index (χ4v) is 3.53. The van der Waals surface area contributed by atoms with Crippen LogP contribution in [0.1, 0.15) is 20.9 Å². The van der Waals surface area contributed by atoms with Crippen LogP contribution >= 0.6 is 11.3 Å². The third kappa shape index (κ3) is 3.75.